The number of benzene rings is 2. The molecule has 0 amide bonds. The smallest absolute Gasteiger partial charge is 0.351 e. The molecular weight excluding hydrogens is 376 g/mol. The number of hydrogen-bond donors (Lipinski definition) is 0. The molecule has 1 heterocycles. The molecule has 0 radical (unpaired) electrons. The number of hydrogen-bond acceptors (Lipinski definition) is 5. The maximum atomic E-state index is 12.6. The van der Waals surface area contributed by atoms with Crippen molar-refractivity contribution >= 4 is 32.9 Å². The molecule has 1 unspecified atom stereocenters. The number of carbonyl (C=O) groups excluding carboxylic acids is 2. The molecule has 6 heteroatoms. The second-order valence-corrected chi connectivity index (χ2v) is 8.25. The zero-order valence-corrected chi connectivity index (χ0v) is 17.3. The van der Waals surface area contributed by atoms with E-state index in [4.69, 9.17) is 14.2 Å². The van der Waals surface area contributed by atoms with Gasteiger partial charge in [-0.25, -0.2) is 9.59 Å². The van der Waals surface area contributed by atoms with Crippen molar-refractivity contribution in [1.29, 1.82) is 0 Å². The van der Waals surface area contributed by atoms with Crippen LogP contribution in [0.2, 0.25) is 0 Å². The molecule has 146 valence electrons. The molecule has 3 rings (SSSR count). The maximum absolute atomic E-state index is 12.6. The van der Waals surface area contributed by atoms with Gasteiger partial charge in [0.25, 0.3) is 0 Å². The molecule has 0 spiro atoms. The molecule has 0 fully saturated rings. The van der Waals surface area contributed by atoms with Crippen molar-refractivity contribution in [2.45, 2.75) is 23.6 Å². The molecule has 1 aliphatic heterocycles. The molecule has 0 saturated carbocycles. The molecule has 0 N–H and O–H groups in total. The predicted molar refractivity (Wildman–Crippen MR) is 110 cm³/mol. The van der Waals surface area contributed by atoms with Crippen LogP contribution in [0.5, 0.6) is 5.75 Å². The van der Waals surface area contributed by atoms with E-state index in [1.54, 1.807) is 7.11 Å². The number of allylic oxidation sites excluding steroid dienone is 1. The SMILES string of the molecule is COC(=O)C(C(=O)OC)=S1c2ccccc2C(=C(C)C)c2cc(OC)ccc21. The summed E-state index contributed by atoms with van der Waals surface area (Å²) in [7, 11) is 3.18. The van der Waals surface area contributed by atoms with E-state index in [1.165, 1.54) is 14.2 Å². The largest absolute Gasteiger partial charge is 0.497 e. The van der Waals surface area contributed by atoms with E-state index >= 15 is 0 Å². The van der Waals surface area contributed by atoms with Gasteiger partial charge in [0.2, 0.25) is 0 Å². The van der Waals surface area contributed by atoms with Gasteiger partial charge in [-0.3, -0.25) is 0 Å². The summed E-state index contributed by atoms with van der Waals surface area (Å²) in [5.74, 6) is -0.669. The molecule has 2 aromatic rings. The van der Waals surface area contributed by atoms with E-state index in [0.29, 0.717) is 5.75 Å². The monoisotopic (exact) mass is 398 g/mol. The first kappa shape index (κ1) is 19.9. The molecule has 0 aliphatic carbocycles. The lowest BCUT2D eigenvalue weighted by atomic mass is 9.93. The summed E-state index contributed by atoms with van der Waals surface area (Å²) >= 11 is 0. The summed E-state index contributed by atoms with van der Waals surface area (Å²) in [6, 6.07) is 13.5. The normalized spacial score (nSPS) is 14.5. The Morgan fingerprint density at radius 3 is 2.00 bits per heavy atom. The zero-order valence-electron chi connectivity index (χ0n) is 16.5. The van der Waals surface area contributed by atoms with Crippen LogP contribution in [0.3, 0.4) is 0 Å². The van der Waals surface area contributed by atoms with E-state index in [1.807, 2.05) is 56.3 Å². The lowest BCUT2D eigenvalue weighted by Crippen LogP contribution is -2.27. The van der Waals surface area contributed by atoms with Gasteiger partial charge < -0.3 is 14.2 Å². The van der Waals surface area contributed by atoms with Crippen molar-refractivity contribution in [3.8, 4) is 5.75 Å². The summed E-state index contributed by atoms with van der Waals surface area (Å²) in [5.41, 5.74) is 4.12. The first-order valence-corrected chi connectivity index (χ1v) is 9.90. The lowest BCUT2D eigenvalue weighted by Gasteiger charge is -2.28. The van der Waals surface area contributed by atoms with Gasteiger partial charge in [-0.1, -0.05) is 23.8 Å². The average Bonchev–Trinajstić information content (AvgIpc) is 2.72. The van der Waals surface area contributed by atoms with Crippen molar-refractivity contribution in [2.75, 3.05) is 21.3 Å². The van der Waals surface area contributed by atoms with Crippen LogP contribution in [0, 0.1) is 0 Å². The third kappa shape index (κ3) is 3.24. The second kappa shape index (κ2) is 8.02. The van der Waals surface area contributed by atoms with Crippen LogP contribution >= 0.6 is 10.5 Å². The van der Waals surface area contributed by atoms with Crippen molar-refractivity contribution in [2.24, 2.45) is 0 Å². The summed E-state index contributed by atoms with van der Waals surface area (Å²) < 4.78 is 15.3. The van der Waals surface area contributed by atoms with E-state index in [0.717, 1.165) is 32.1 Å². The van der Waals surface area contributed by atoms with Crippen molar-refractivity contribution in [3.05, 3.63) is 59.2 Å². The third-order valence-electron chi connectivity index (χ3n) is 4.50. The minimum absolute atomic E-state index is 0.0170. The average molecular weight is 398 g/mol. The van der Waals surface area contributed by atoms with Crippen molar-refractivity contribution in [1.82, 2.24) is 0 Å². The van der Waals surface area contributed by atoms with Crippen molar-refractivity contribution in [3.63, 3.8) is 0 Å². The highest BCUT2D eigenvalue weighted by atomic mass is 32.2. The molecule has 1 atom stereocenters. The molecule has 28 heavy (non-hydrogen) atoms. The number of ether oxygens (including phenoxy) is 3. The van der Waals surface area contributed by atoms with Gasteiger partial charge in [-0.2, -0.15) is 0 Å². The van der Waals surface area contributed by atoms with E-state index in [-0.39, 0.29) is 4.86 Å². The Hall–Kier alpha value is -2.86. The Morgan fingerprint density at radius 1 is 0.821 bits per heavy atom. The van der Waals surface area contributed by atoms with Crippen LogP contribution in [0.15, 0.2) is 57.8 Å². The highest BCUT2D eigenvalue weighted by Gasteiger charge is 2.33. The summed E-state index contributed by atoms with van der Waals surface area (Å²) in [4.78, 5) is 26.9. The predicted octanol–water partition coefficient (Wildman–Crippen LogP) is 4.06. The van der Waals surface area contributed by atoms with Gasteiger partial charge in [0.05, 0.1) is 21.3 Å². The fraction of sp³-hybridized carbons (Fsp3) is 0.227. The number of methoxy groups -OCH3 is 3. The summed E-state index contributed by atoms with van der Waals surface area (Å²) in [6.45, 7) is 4.09. The van der Waals surface area contributed by atoms with Crippen LogP contribution in [-0.2, 0) is 19.1 Å². The van der Waals surface area contributed by atoms with Gasteiger partial charge >= 0.3 is 11.9 Å². The molecule has 0 aromatic heterocycles. The molecule has 5 nitrogen and oxygen atoms in total. The molecule has 2 aromatic carbocycles. The van der Waals surface area contributed by atoms with Gasteiger partial charge in [0, 0.05) is 9.79 Å². The van der Waals surface area contributed by atoms with Crippen LogP contribution in [0.4, 0.5) is 0 Å². The number of carbonyl (C=O) groups is 2. The Labute approximate surface area is 166 Å². The fourth-order valence-corrected chi connectivity index (χ4v) is 5.68. The Kier molecular flexibility index (Phi) is 5.70. The molecule has 1 aliphatic rings. The number of rotatable bonds is 3. The Bertz CT molecular complexity index is 1010. The van der Waals surface area contributed by atoms with Gasteiger partial charge in [0.1, 0.15) is 5.75 Å². The summed E-state index contributed by atoms with van der Waals surface area (Å²) in [5, 5.41) is 0. The maximum Gasteiger partial charge on any atom is 0.351 e. The number of fused-ring (bicyclic) bond motifs is 2. The minimum Gasteiger partial charge on any atom is -0.497 e. The van der Waals surface area contributed by atoms with Gasteiger partial charge in [0.15, 0.2) is 4.86 Å². The highest BCUT2D eigenvalue weighted by molar-refractivity contribution is 8.18. The zero-order chi connectivity index (χ0) is 20.4. The fourth-order valence-electron chi connectivity index (χ4n) is 3.32. The first-order chi connectivity index (χ1) is 13.4. The van der Waals surface area contributed by atoms with Gasteiger partial charge in [-0.05, 0) is 54.8 Å². The quantitative estimate of drug-likeness (QED) is 0.378. The molecule has 0 saturated heterocycles. The lowest BCUT2D eigenvalue weighted by molar-refractivity contribution is -0.137. The standard InChI is InChI=1S/C22H22O5S/c1-13(2)19-15-8-6-7-9-17(15)28(20(21(23)26-4)22(24)27-5)18-11-10-14(25-3)12-16(18)19/h6-12H,1-5H3. The highest BCUT2D eigenvalue weighted by Crippen LogP contribution is 2.52. The van der Waals surface area contributed by atoms with E-state index in [9.17, 15) is 9.59 Å². The van der Waals surface area contributed by atoms with E-state index < -0.39 is 22.4 Å². The number of esters is 2. The van der Waals surface area contributed by atoms with Crippen molar-refractivity contribution < 1.29 is 23.8 Å². The van der Waals surface area contributed by atoms with E-state index in [2.05, 4.69) is 0 Å². The van der Waals surface area contributed by atoms with Crippen LogP contribution < -0.4 is 4.74 Å². The van der Waals surface area contributed by atoms with Crippen LogP contribution in [0.1, 0.15) is 25.0 Å². The first-order valence-electron chi connectivity index (χ1n) is 8.67. The Balaban J connectivity index is 2.52. The topological polar surface area (TPSA) is 61.8 Å². The summed E-state index contributed by atoms with van der Waals surface area (Å²) in [6.07, 6.45) is 0. The molecular formula is C22H22O5S. The van der Waals surface area contributed by atoms with Crippen LogP contribution in [0.25, 0.3) is 5.57 Å². The van der Waals surface area contributed by atoms with Crippen LogP contribution in [-0.4, -0.2) is 38.1 Å². The third-order valence-corrected chi connectivity index (χ3v) is 6.83. The minimum atomic E-state index is -0.962. The molecule has 0 bridgehead atoms. The Morgan fingerprint density at radius 2 is 1.43 bits per heavy atom. The van der Waals surface area contributed by atoms with Gasteiger partial charge in [-0.15, -0.1) is 10.5 Å². The second-order valence-electron chi connectivity index (χ2n) is 6.35.